The Morgan fingerprint density at radius 2 is 1.83 bits per heavy atom. The molecule has 0 unspecified atom stereocenters. The lowest BCUT2D eigenvalue weighted by Crippen LogP contribution is -2.01. The molecule has 24 heavy (non-hydrogen) atoms. The van der Waals surface area contributed by atoms with E-state index in [1.54, 1.807) is 29.1 Å². The van der Waals surface area contributed by atoms with Crippen LogP contribution in [0.4, 0.5) is 0 Å². The summed E-state index contributed by atoms with van der Waals surface area (Å²) in [6, 6.07) is 18.8. The van der Waals surface area contributed by atoms with Crippen molar-refractivity contribution in [2.45, 2.75) is 6.92 Å². The molecule has 0 bridgehead atoms. The maximum absolute atomic E-state index is 12.4. The Kier molecular flexibility index (Phi) is 4.35. The van der Waals surface area contributed by atoms with Crippen LogP contribution in [0.25, 0.3) is 11.8 Å². The quantitative estimate of drug-likeness (QED) is 0.541. The molecule has 116 valence electrons. The van der Waals surface area contributed by atoms with Gasteiger partial charge in [0.05, 0.1) is 34.8 Å². The van der Waals surface area contributed by atoms with Crippen molar-refractivity contribution in [2.75, 3.05) is 0 Å². The molecule has 4 heteroatoms. The first-order chi connectivity index (χ1) is 11.7. The molecule has 3 rings (SSSR count). The number of rotatable bonds is 4. The van der Waals surface area contributed by atoms with Crippen LogP contribution in [0.15, 0.2) is 66.9 Å². The molecule has 4 nitrogen and oxygen atoms in total. The van der Waals surface area contributed by atoms with Gasteiger partial charge in [-0.2, -0.15) is 10.4 Å². The summed E-state index contributed by atoms with van der Waals surface area (Å²) in [4.78, 5) is 12.4. The van der Waals surface area contributed by atoms with Gasteiger partial charge in [0.15, 0.2) is 5.78 Å². The van der Waals surface area contributed by atoms with E-state index in [0.717, 1.165) is 16.9 Å². The average Bonchev–Trinajstić information content (AvgIpc) is 3.02. The highest BCUT2D eigenvalue weighted by atomic mass is 16.1. The van der Waals surface area contributed by atoms with E-state index in [9.17, 15) is 4.79 Å². The summed E-state index contributed by atoms with van der Waals surface area (Å²) < 4.78 is 1.75. The van der Waals surface area contributed by atoms with Gasteiger partial charge in [-0.3, -0.25) is 4.79 Å². The number of nitriles is 1. The average molecular weight is 313 g/mol. The van der Waals surface area contributed by atoms with E-state index in [2.05, 4.69) is 11.2 Å². The maximum atomic E-state index is 12.4. The fourth-order valence-corrected chi connectivity index (χ4v) is 2.41. The molecule has 0 aliphatic heterocycles. The molecule has 0 aliphatic rings. The van der Waals surface area contributed by atoms with E-state index >= 15 is 0 Å². The highest BCUT2D eigenvalue weighted by molar-refractivity contribution is 6.07. The van der Waals surface area contributed by atoms with E-state index in [-0.39, 0.29) is 5.78 Å². The Hall–Kier alpha value is -3.45. The Morgan fingerprint density at radius 1 is 1.12 bits per heavy atom. The zero-order valence-corrected chi connectivity index (χ0v) is 13.2. The zero-order chi connectivity index (χ0) is 16.9. The van der Waals surface area contributed by atoms with Crippen molar-refractivity contribution in [2.24, 2.45) is 0 Å². The summed E-state index contributed by atoms with van der Waals surface area (Å²) in [5.74, 6) is -0.0981. The first-order valence-electron chi connectivity index (χ1n) is 7.51. The SMILES string of the molecule is Cc1c(C(=O)C=Cc2ccc(C#N)cc2)cnn1-c1ccccc1. The lowest BCUT2D eigenvalue weighted by molar-refractivity contribution is 0.104. The topological polar surface area (TPSA) is 58.7 Å². The monoisotopic (exact) mass is 313 g/mol. The van der Waals surface area contributed by atoms with Crippen molar-refractivity contribution in [3.8, 4) is 11.8 Å². The molecule has 0 radical (unpaired) electrons. The second-order valence-electron chi connectivity index (χ2n) is 5.32. The molecule has 0 atom stereocenters. The van der Waals surface area contributed by atoms with E-state index < -0.39 is 0 Å². The number of para-hydroxylation sites is 1. The Bertz CT molecular complexity index is 929. The molecule has 0 saturated carbocycles. The molecule has 0 saturated heterocycles. The molecule has 0 aliphatic carbocycles. The normalized spacial score (nSPS) is 10.7. The number of carbonyl (C=O) groups is 1. The van der Waals surface area contributed by atoms with Crippen LogP contribution in [0, 0.1) is 18.3 Å². The predicted molar refractivity (Wildman–Crippen MR) is 92.8 cm³/mol. The summed E-state index contributed by atoms with van der Waals surface area (Å²) in [6.45, 7) is 1.88. The van der Waals surface area contributed by atoms with Crippen LogP contribution in [0.3, 0.4) is 0 Å². The minimum absolute atomic E-state index is 0.0981. The van der Waals surface area contributed by atoms with Crippen LogP contribution in [-0.2, 0) is 0 Å². The number of carbonyl (C=O) groups excluding carboxylic acids is 1. The second kappa shape index (κ2) is 6.76. The van der Waals surface area contributed by atoms with Crippen LogP contribution in [0.5, 0.6) is 0 Å². The fraction of sp³-hybridized carbons (Fsp3) is 0.0500. The molecular weight excluding hydrogens is 298 g/mol. The van der Waals surface area contributed by atoms with Gasteiger partial charge in [-0.25, -0.2) is 4.68 Å². The van der Waals surface area contributed by atoms with Crippen molar-refractivity contribution in [3.63, 3.8) is 0 Å². The number of allylic oxidation sites excluding steroid dienone is 1. The third kappa shape index (κ3) is 3.16. The van der Waals surface area contributed by atoms with Crippen LogP contribution < -0.4 is 0 Å². The number of nitrogens with zero attached hydrogens (tertiary/aromatic N) is 3. The molecule has 2 aromatic carbocycles. The lowest BCUT2D eigenvalue weighted by Gasteiger charge is -2.04. The molecule has 0 amide bonds. The van der Waals surface area contributed by atoms with Crippen LogP contribution in [0.1, 0.15) is 27.2 Å². The summed E-state index contributed by atoms with van der Waals surface area (Å²) in [5, 5.41) is 13.1. The molecule has 1 heterocycles. The minimum Gasteiger partial charge on any atom is -0.289 e. The standard InChI is InChI=1S/C20H15N3O/c1-15-19(14-22-23(15)18-5-3-2-4-6-18)20(24)12-11-16-7-9-17(13-21)10-8-16/h2-12,14H,1H3. The number of ketones is 1. The predicted octanol–water partition coefficient (Wildman–Crippen LogP) is 3.95. The molecule has 0 N–H and O–H groups in total. The van der Waals surface area contributed by atoms with Crippen molar-refractivity contribution >= 4 is 11.9 Å². The fourth-order valence-electron chi connectivity index (χ4n) is 2.41. The first-order valence-corrected chi connectivity index (χ1v) is 7.51. The van der Waals surface area contributed by atoms with E-state index in [1.807, 2.05) is 49.4 Å². The minimum atomic E-state index is -0.0981. The van der Waals surface area contributed by atoms with Crippen molar-refractivity contribution in [1.82, 2.24) is 9.78 Å². The van der Waals surface area contributed by atoms with Gasteiger partial charge in [-0.15, -0.1) is 0 Å². The van der Waals surface area contributed by atoms with Gasteiger partial charge >= 0.3 is 0 Å². The number of hydrogen-bond donors (Lipinski definition) is 0. The summed E-state index contributed by atoms with van der Waals surface area (Å²) >= 11 is 0. The van der Waals surface area contributed by atoms with E-state index in [4.69, 9.17) is 5.26 Å². The van der Waals surface area contributed by atoms with Crippen molar-refractivity contribution in [1.29, 1.82) is 5.26 Å². The lowest BCUT2D eigenvalue weighted by atomic mass is 10.1. The van der Waals surface area contributed by atoms with Crippen LogP contribution in [-0.4, -0.2) is 15.6 Å². The third-order valence-electron chi connectivity index (χ3n) is 3.74. The van der Waals surface area contributed by atoms with Gasteiger partial charge in [0.25, 0.3) is 0 Å². The van der Waals surface area contributed by atoms with Gasteiger partial charge in [0, 0.05) is 0 Å². The number of hydrogen-bond acceptors (Lipinski definition) is 3. The van der Waals surface area contributed by atoms with Gasteiger partial charge in [0.1, 0.15) is 0 Å². The maximum Gasteiger partial charge on any atom is 0.189 e. The Balaban J connectivity index is 1.82. The zero-order valence-electron chi connectivity index (χ0n) is 13.2. The van der Waals surface area contributed by atoms with Gasteiger partial charge < -0.3 is 0 Å². The van der Waals surface area contributed by atoms with Crippen molar-refractivity contribution < 1.29 is 4.79 Å². The summed E-state index contributed by atoms with van der Waals surface area (Å²) in [7, 11) is 0. The van der Waals surface area contributed by atoms with Crippen molar-refractivity contribution in [3.05, 3.63) is 89.3 Å². The van der Waals surface area contributed by atoms with Gasteiger partial charge in [-0.1, -0.05) is 36.4 Å². The van der Waals surface area contributed by atoms with Crippen LogP contribution >= 0.6 is 0 Å². The molecule has 0 spiro atoms. The van der Waals surface area contributed by atoms with E-state index in [1.165, 1.54) is 6.08 Å². The number of aromatic nitrogens is 2. The third-order valence-corrected chi connectivity index (χ3v) is 3.74. The van der Waals surface area contributed by atoms with Gasteiger partial charge in [0.2, 0.25) is 0 Å². The highest BCUT2D eigenvalue weighted by Crippen LogP contribution is 2.15. The highest BCUT2D eigenvalue weighted by Gasteiger charge is 2.12. The second-order valence-corrected chi connectivity index (χ2v) is 5.32. The van der Waals surface area contributed by atoms with Crippen LogP contribution in [0.2, 0.25) is 0 Å². The van der Waals surface area contributed by atoms with E-state index in [0.29, 0.717) is 11.1 Å². The molecule has 3 aromatic rings. The Morgan fingerprint density at radius 3 is 2.50 bits per heavy atom. The first kappa shape index (κ1) is 15.4. The smallest absolute Gasteiger partial charge is 0.189 e. The summed E-state index contributed by atoms with van der Waals surface area (Å²) in [5.41, 5.74) is 3.76. The Labute approximate surface area is 140 Å². The molecule has 0 fully saturated rings. The largest absolute Gasteiger partial charge is 0.289 e. The molecular formula is C20H15N3O. The number of benzene rings is 2. The van der Waals surface area contributed by atoms with Gasteiger partial charge in [-0.05, 0) is 42.8 Å². The molecule has 1 aromatic heterocycles. The summed E-state index contributed by atoms with van der Waals surface area (Å²) in [6.07, 6.45) is 4.86.